The van der Waals surface area contributed by atoms with Gasteiger partial charge in [-0.1, -0.05) is 28.9 Å². The minimum Gasteiger partial charge on any atom is -0.327 e. The Morgan fingerprint density at radius 2 is 2.33 bits per heavy atom. The third-order valence-corrected chi connectivity index (χ3v) is 2.57. The summed E-state index contributed by atoms with van der Waals surface area (Å²) in [5.41, 5.74) is 6.48. The zero-order valence-corrected chi connectivity index (χ0v) is 10.3. The Balaban J connectivity index is 2.51. The van der Waals surface area contributed by atoms with E-state index in [0.717, 1.165) is 16.6 Å². The minimum absolute atomic E-state index is 0.0394. The lowest BCUT2D eigenvalue weighted by Gasteiger charge is -2.09. The highest BCUT2D eigenvalue weighted by Crippen LogP contribution is 2.15. The van der Waals surface area contributed by atoms with Crippen LogP contribution < -0.4 is 11.1 Å². The van der Waals surface area contributed by atoms with Crippen LogP contribution in [0.25, 0.3) is 0 Å². The van der Waals surface area contributed by atoms with Crippen molar-refractivity contribution in [2.45, 2.75) is 25.8 Å². The Kier molecular flexibility index (Phi) is 4.78. The van der Waals surface area contributed by atoms with Crippen molar-refractivity contribution in [3.8, 4) is 0 Å². The van der Waals surface area contributed by atoms with Crippen molar-refractivity contribution in [2.75, 3.05) is 5.32 Å². The molecule has 0 aliphatic rings. The van der Waals surface area contributed by atoms with E-state index in [0.29, 0.717) is 6.42 Å². The van der Waals surface area contributed by atoms with Crippen LogP contribution in [-0.2, 0) is 4.79 Å². The molecule has 15 heavy (non-hydrogen) atoms. The Morgan fingerprint density at radius 1 is 1.60 bits per heavy atom. The predicted octanol–water partition coefficient (Wildman–Crippen LogP) is 2.52. The number of nitrogens with two attached hydrogens (primary N) is 1. The van der Waals surface area contributed by atoms with Crippen LogP contribution >= 0.6 is 15.9 Å². The van der Waals surface area contributed by atoms with E-state index in [1.54, 1.807) is 0 Å². The molecule has 0 bridgehead atoms. The van der Waals surface area contributed by atoms with Gasteiger partial charge in [0.15, 0.2) is 0 Å². The van der Waals surface area contributed by atoms with E-state index in [1.807, 2.05) is 31.2 Å². The number of anilines is 1. The SMILES string of the molecule is CCC(N)CC(=O)Nc1cccc(Br)c1. The van der Waals surface area contributed by atoms with Crippen molar-refractivity contribution in [3.63, 3.8) is 0 Å². The van der Waals surface area contributed by atoms with Crippen molar-refractivity contribution >= 4 is 27.5 Å². The molecule has 0 aliphatic carbocycles. The molecule has 3 N–H and O–H groups in total. The number of carbonyl (C=O) groups excluding carboxylic acids is 1. The van der Waals surface area contributed by atoms with Crippen molar-refractivity contribution in [1.29, 1.82) is 0 Å². The highest BCUT2D eigenvalue weighted by molar-refractivity contribution is 9.10. The van der Waals surface area contributed by atoms with Gasteiger partial charge in [-0.25, -0.2) is 0 Å². The second kappa shape index (κ2) is 5.88. The van der Waals surface area contributed by atoms with Gasteiger partial charge in [-0.05, 0) is 24.6 Å². The number of benzene rings is 1. The van der Waals surface area contributed by atoms with Gasteiger partial charge >= 0.3 is 0 Å². The maximum Gasteiger partial charge on any atom is 0.225 e. The Labute approximate surface area is 98.2 Å². The number of halogens is 1. The molecule has 1 atom stereocenters. The largest absolute Gasteiger partial charge is 0.327 e. The van der Waals surface area contributed by atoms with Gasteiger partial charge in [0.05, 0.1) is 0 Å². The molecular weight excluding hydrogens is 256 g/mol. The zero-order chi connectivity index (χ0) is 11.3. The first-order valence-corrected chi connectivity index (χ1v) is 5.72. The predicted molar refractivity (Wildman–Crippen MR) is 65.7 cm³/mol. The summed E-state index contributed by atoms with van der Waals surface area (Å²) >= 11 is 3.34. The maximum absolute atomic E-state index is 11.5. The van der Waals surface area contributed by atoms with E-state index in [9.17, 15) is 4.79 Å². The van der Waals surface area contributed by atoms with Crippen LogP contribution in [0.1, 0.15) is 19.8 Å². The fourth-order valence-corrected chi connectivity index (χ4v) is 1.56. The highest BCUT2D eigenvalue weighted by atomic mass is 79.9. The second-order valence-electron chi connectivity index (χ2n) is 3.43. The molecule has 1 aromatic rings. The molecule has 0 fully saturated rings. The van der Waals surface area contributed by atoms with E-state index >= 15 is 0 Å². The molecule has 0 saturated heterocycles. The van der Waals surface area contributed by atoms with Crippen LogP contribution in [0, 0.1) is 0 Å². The summed E-state index contributed by atoms with van der Waals surface area (Å²) in [6.45, 7) is 1.97. The highest BCUT2D eigenvalue weighted by Gasteiger charge is 2.07. The van der Waals surface area contributed by atoms with E-state index < -0.39 is 0 Å². The van der Waals surface area contributed by atoms with Gasteiger partial charge in [-0.3, -0.25) is 4.79 Å². The van der Waals surface area contributed by atoms with Crippen molar-refractivity contribution in [2.24, 2.45) is 5.73 Å². The topological polar surface area (TPSA) is 55.1 Å². The normalized spacial score (nSPS) is 12.2. The molecule has 4 heteroatoms. The standard InChI is InChI=1S/C11H15BrN2O/c1-2-9(13)7-11(15)14-10-5-3-4-8(12)6-10/h3-6,9H,2,7,13H2,1H3,(H,14,15). The van der Waals surface area contributed by atoms with Crippen LogP contribution in [0.5, 0.6) is 0 Å². The molecule has 3 nitrogen and oxygen atoms in total. The maximum atomic E-state index is 11.5. The molecule has 0 spiro atoms. The molecule has 0 aromatic heterocycles. The van der Waals surface area contributed by atoms with Gasteiger partial charge in [0.1, 0.15) is 0 Å². The number of rotatable bonds is 4. The molecule has 0 radical (unpaired) electrons. The minimum atomic E-state index is -0.0582. The lowest BCUT2D eigenvalue weighted by Crippen LogP contribution is -2.26. The summed E-state index contributed by atoms with van der Waals surface area (Å²) in [6.07, 6.45) is 1.18. The summed E-state index contributed by atoms with van der Waals surface area (Å²) in [6, 6.07) is 7.43. The summed E-state index contributed by atoms with van der Waals surface area (Å²) in [4.78, 5) is 11.5. The Bertz CT molecular complexity index is 341. The van der Waals surface area contributed by atoms with Gasteiger partial charge < -0.3 is 11.1 Å². The molecule has 0 aliphatic heterocycles. The third kappa shape index (κ3) is 4.44. The van der Waals surface area contributed by atoms with Crippen LogP contribution in [-0.4, -0.2) is 11.9 Å². The first kappa shape index (κ1) is 12.2. The van der Waals surface area contributed by atoms with E-state index in [2.05, 4.69) is 21.2 Å². The quantitative estimate of drug-likeness (QED) is 0.884. The first-order chi connectivity index (χ1) is 7.11. The van der Waals surface area contributed by atoms with Crippen molar-refractivity contribution < 1.29 is 4.79 Å². The first-order valence-electron chi connectivity index (χ1n) is 4.92. The monoisotopic (exact) mass is 270 g/mol. The fraction of sp³-hybridized carbons (Fsp3) is 0.364. The van der Waals surface area contributed by atoms with E-state index in [4.69, 9.17) is 5.73 Å². The van der Waals surface area contributed by atoms with Gasteiger partial charge in [-0.15, -0.1) is 0 Å². The Hall–Kier alpha value is -0.870. The van der Waals surface area contributed by atoms with Crippen molar-refractivity contribution in [1.82, 2.24) is 0 Å². The molecule has 1 amide bonds. The summed E-state index contributed by atoms with van der Waals surface area (Å²) in [7, 11) is 0. The molecule has 1 aromatic carbocycles. The average Bonchev–Trinajstić information content (AvgIpc) is 2.17. The molecule has 82 valence electrons. The number of nitrogens with one attached hydrogen (secondary N) is 1. The van der Waals surface area contributed by atoms with Gasteiger partial charge in [-0.2, -0.15) is 0 Å². The summed E-state index contributed by atoms with van der Waals surface area (Å²) in [5.74, 6) is -0.0394. The lowest BCUT2D eigenvalue weighted by molar-refractivity contribution is -0.116. The van der Waals surface area contributed by atoms with Gasteiger partial charge in [0, 0.05) is 22.6 Å². The Morgan fingerprint density at radius 3 is 2.93 bits per heavy atom. The van der Waals surface area contributed by atoms with Gasteiger partial charge in [0.25, 0.3) is 0 Å². The number of carbonyl (C=O) groups is 1. The smallest absolute Gasteiger partial charge is 0.225 e. The fourth-order valence-electron chi connectivity index (χ4n) is 1.16. The average molecular weight is 271 g/mol. The van der Waals surface area contributed by atoms with Crippen LogP contribution in [0.4, 0.5) is 5.69 Å². The number of hydrogen-bond donors (Lipinski definition) is 2. The van der Waals surface area contributed by atoms with Crippen LogP contribution in [0.2, 0.25) is 0 Å². The number of hydrogen-bond acceptors (Lipinski definition) is 2. The molecule has 1 rings (SSSR count). The molecule has 1 unspecified atom stereocenters. The van der Waals surface area contributed by atoms with E-state index in [1.165, 1.54) is 0 Å². The van der Waals surface area contributed by atoms with Crippen LogP contribution in [0.15, 0.2) is 28.7 Å². The summed E-state index contributed by atoms with van der Waals surface area (Å²) < 4.78 is 0.945. The third-order valence-electron chi connectivity index (χ3n) is 2.08. The molecule has 0 heterocycles. The van der Waals surface area contributed by atoms with E-state index in [-0.39, 0.29) is 11.9 Å². The lowest BCUT2D eigenvalue weighted by atomic mass is 10.1. The number of amides is 1. The van der Waals surface area contributed by atoms with Crippen LogP contribution in [0.3, 0.4) is 0 Å². The zero-order valence-electron chi connectivity index (χ0n) is 8.66. The van der Waals surface area contributed by atoms with Crippen molar-refractivity contribution in [3.05, 3.63) is 28.7 Å². The second-order valence-corrected chi connectivity index (χ2v) is 4.35. The molecular formula is C11H15BrN2O. The van der Waals surface area contributed by atoms with Gasteiger partial charge in [0.2, 0.25) is 5.91 Å². The molecule has 0 saturated carbocycles. The summed E-state index contributed by atoms with van der Waals surface area (Å²) in [5, 5.41) is 2.80.